The van der Waals surface area contributed by atoms with E-state index in [0.29, 0.717) is 11.8 Å². The van der Waals surface area contributed by atoms with Crippen LogP contribution in [0.5, 0.6) is 0 Å². The highest BCUT2D eigenvalue weighted by atomic mass is 32.2. The van der Waals surface area contributed by atoms with Gasteiger partial charge in [-0.3, -0.25) is 0 Å². The summed E-state index contributed by atoms with van der Waals surface area (Å²) in [5.74, 6) is 0. The molecule has 1 aliphatic carbocycles. The lowest BCUT2D eigenvalue weighted by molar-refractivity contribution is 0.0519. The Hall–Kier alpha value is -0.510. The van der Waals surface area contributed by atoms with Gasteiger partial charge < -0.3 is 10.8 Å². The lowest BCUT2D eigenvalue weighted by atomic mass is 9.79. The van der Waals surface area contributed by atoms with Crippen molar-refractivity contribution >= 4 is 11.8 Å². The number of aliphatic hydroxyl groups is 1. The van der Waals surface area contributed by atoms with Crippen molar-refractivity contribution in [3.8, 4) is 0 Å². The van der Waals surface area contributed by atoms with Crippen LogP contribution in [0.2, 0.25) is 0 Å². The van der Waals surface area contributed by atoms with Crippen LogP contribution in [0.3, 0.4) is 0 Å². The quantitative estimate of drug-likeness (QED) is 0.881. The van der Waals surface area contributed by atoms with E-state index in [1.54, 1.807) is 0 Å². The number of benzene rings is 1. The Morgan fingerprint density at radius 1 is 1.39 bits per heavy atom. The molecule has 1 heterocycles. The predicted octanol–water partition coefficient (Wildman–Crippen LogP) is 2.58. The van der Waals surface area contributed by atoms with E-state index < -0.39 is 0 Å². The first-order chi connectivity index (χ1) is 8.73. The average molecular weight is 263 g/mol. The summed E-state index contributed by atoms with van der Waals surface area (Å²) in [6.07, 6.45) is 5.16. The van der Waals surface area contributed by atoms with E-state index in [2.05, 4.69) is 24.3 Å². The zero-order valence-corrected chi connectivity index (χ0v) is 11.5. The SMILES string of the molecule is NCC1(CC2Cc3ccccc3S2)CCCC1O. The van der Waals surface area contributed by atoms with Crippen LogP contribution in [-0.4, -0.2) is 23.0 Å². The lowest BCUT2D eigenvalue weighted by Crippen LogP contribution is -2.40. The zero-order chi connectivity index (χ0) is 12.6. The van der Waals surface area contributed by atoms with Gasteiger partial charge in [-0.2, -0.15) is 0 Å². The standard InChI is InChI=1S/C15H21NOS/c16-10-15(7-3-6-14(15)17)9-12-8-11-4-1-2-5-13(11)18-12/h1-2,4-5,12,14,17H,3,6-10,16H2. The van der Waals surface area contributed by atoms with Gasteiger partial charge in [-0.05, 0) is 37.3 Å². The van der Waals surface area contributed by atoms with Gasteiger partial charge in [-0.1, -0.05) is 24.6 Å². The van der Waals surface area contributed by atoms with Crippen LogP contribution in [0.4, 0.5) is 0 Å². The lowest BCUT2D eigenvalue weighted by Gasteiger charge is -2.33. The monoisotopic (exact) mass is 263 g/mol. The van der Waals surface area contributed by atoms with E-state index in [4.69, 9.17) is 5.73 Å². The molecule has 2 aliphatic rings. The Labute approximate surface area is 113 Å². The molecule has 1 fully saturated rings. The second kappa shape index (κ2) is 4.87. The molecule has 3 rings (SSSR count). The fourth-order valence-electron chi connectivity index (χ4n) is 3.50. The molecule has 0 bridgehead atoms. The number of hydrogen-bond acceptors (Lipinski definition) is 3. The number of rotatable bonds is 3. The first kappa shape index (κ1) is 12.5. The van der Waals surface area contributed by atoms with Gasteiger partial charge in [0.2, 0.25) is 0 Å². The minimum absolute atomic E-state index is 0.0142. The highest BCUT2D eigenvalue weighted by Gasteiger charge is 2.43. The number of fused-ring (bicyclic) bond motifs is 1. The van der Waals surface area contributed by atoms with Gasteiger partial charge in [0, 0.05) is 22.1 Å². The Kier molecular flexibility index (Phi) is 3.39. The van der Waals surface area contributed by atoms with Crippen molar-refractivity contribution in [2.24, 2.45) is 11.1 Å². The second-order valence-corrected chi connectivity index (χ2v) is 7.07. The number of hydrogen-bond donors (Lipinski definition) is 2. The van der Waals surface area contributed by atoms with Crippen molar-refractivity contribution in [3.05, 3.63) is 29.8 Å². The molecule has 1 aromatic carbocycles. The molecule has 3 N–H and O–H groups in total. The number of aliphatic hydroxyl groups excluding tert-OH is 1. The Morgan fingerprint density at radius 2 is 2.22 bits per heavy atom. The van der Waals surface area contributed by atoms with Crippen molar-refractivity contribution in [1.29, 1.82) is 0 Å². The van der Waals surface area contributed by atoms with Gasteiger partial charge in [0.25, 0.3) is 0 Å². The first-order valence-corrected chi connectivity index (χ1v) is 7.74. The van der Waals surface area contributed by atoms with Gasteiger partial charge in [-0.15, -0.1) is 11.8 Å². The summed E-state index contributed by atoms with van der Waals surface area (Å²) in [6, 6.07) is 8.66. The van der Waals surface area contributed by atoms with Crippen LogP contribution in [0.1, 0.15) is 31.2 Å². The van der Waals surface area contributed by atoms with Gasteiger partial charge in [-0.25, -0.2) is 0 Å². The molecule has 2 nitrogen and oxygen atoms in total. The van der Waals surface area contributed by atoms with E-state index in [9.17, 15) is 5.11 Å². The van der Waals surface area contributed by atoms with Crippen LogP contribution < -0.4 is 5.73 Å². The molecule has 0 radical (unpaired) electrons. The number of nitrogens with two attached hydrogens (primary N) is 1. The molecular formula is C15H21NOS. The normalized spacial score (nSPS) is 34.8. The van der Waals surface area contributed by atoms with E-state index in [1.807, 2.05) is 11.8 Å². The van der Waals surface area contributed by atoms with Gasteiger partial charge in [0.15, 0.2) is 0 Å². The van der Waals surface area contributed by atoms with Crippen LogP contribution in [0, 0.1) is 5.41 Å². The summed E-state index contributed by atoms with van der Waals surface area (Å²) >= 11 is 1.97. The third-order valence-electron chi connectivity index (χ3n) is 4.61. The van der Waals surface area contributed by atoms with Crippen LogP contribution in [-0.2, 0) is 6.42 Å². The van der Waals surface area contributed by atoms with Crippen LogP contribution in [0.15, 0.2) is 29.2 Å². The number of thioether (sulfide) groups is 1. The second-order valence-electron chi connectivity index (χ2n) is 5.73. The van der Waals surface area contributed by atoms with E-state index in [0.717, 1.165) is 32.1 Å². The maximum atomic E-state index is 10.2. The highest BCUT2D eigenvalue weighted by molar-refractivity contribution is 8.00. The Bertz CT molecular complexity index is 411. The maximum absolute atomic E-state index is 10.2. The minimum atomic E-state index is -0.188. The van der Waals surface area contributed by atoms with Gasteiger partial charge in [0.05, 0.1) is 6.10 Å². The smallest absolute Gasteiger partial charge is 0.0608 e. The van der Waals surface area contributed by atoms with Crippen molar-refractivity contribution in [2.45, 2.75) is 48.4 Å². The van der Waals surface area contributed by atoms with Crippen LogP contribution in [0.25, 0.3) is 0 Å². The molecule has 3 unspecified atom stereocenters. The van der Waals surface area contributed by atoms with Crippen molar-refractivity contribution in [3.63, 3.8) is 0 Å². The minimum Gasteiger partial charge on any atom is -0.393 e. The van der Waals surface area contributed by atoms with Crippen molar-refractivity contribution in [2.75, 3.05) is 6.54 Å². The summed E-state index contributed by atoms with van der Waals surface area (Å²) in [5.41, 5.74) is 7.42. The Balaban J connectivity index is 1.72. The molecule has 18 heavy (non-hydrogen) atoms. The molecule has 3 atom stereocenters. The third kappa shape index (κ3) is 2.09. The summed E-state index contributed by atoms with van der Waals surface area (Å²) < 4.78 is 0. The maximum Gasteiger partial charge on any atom is 0.0608 e. The fourth-order valence-corrected chi connectivity index (χ4v) is 5.00. The van der Waals surface area contributed by atoms with E-state index in [1.165, 1.54) is 10.5 Å². The molecule has 0 aromatic heterocycles. The van der Waals surface area contributed by atoms with Gasteiger partial charge in [0.1, 0.15) is 0 Å². The first-order valence-electron chi connectivity index (χ1n) is 6.86. The molecule has 1 saturated carbocycles. The van der Waals surface area contributed by atoms with E-state index >= 15 is 0 Å². The highest BCUT2D eigenvalue weighted by Crippen LogP contribution is 2.47. The molecule has 0 saturated heterocycles. The van der Waals surface area contributed by atoms with Gasteiger partial charge >= 0.3 is 0 Å². The predicted molar refractivity (Wildman–Crippen MR) is 75.8 cm³/mol. The molecule has 1 aliphatic heterocycles. The molecule has 0 spiro atoms. The van der Waals surface area contributed by atoms with Crippen LogP contribution >= 0.6 is 11.8 Å². The van der Waals surface area contributed by atoms with E-state index in [-0.39, 0.29) is 11.5 Å². The fraction of sp³-hybridized carbons (Fsp3) is 0.600. The molecule has 98 valence electrons. The van der Waals surface area contributed by atoms with Crippen molar-refractivity contribution in [1.82, 2.24) is 0 Å². The Morgan fingerprint density at radius 3 is 2.89 bits per heavy atom. The molecule has 0 amide bonds. The topological polar surface area (TPSA) is 46.2 Å². The summed E-state index contributed by atoms with van der Waals surface area (Å²) in [5, 5.41) is 10.8. The molecule has 1 aromatic rings. The van der Waals surface area contributed by atoms with Crippen molar-refractivity contribution < 1.29 is 5.11 Å². The zero-order valence-electron chi connectivity index (χ0n) is 10.6. The molecular weight excluding hydrogens is 242 g/mol. The summed E-state index contributed by atoms with van der Waals surface area (Å²) in [4.78, 5) is 1.42. The molecule has 3 heteroatoms. The average Bonchev–Trinajstić information content (AvgIpc) is 2.94. The largest absolute Gasteiger partial charge is 0.393 e. The summed E-state index contributed by atoms with van der Waals surface area (Å²) in [7, 11) is 0. The third-order valence-corrected chi connectivity index (χ3v) is 5.93. The summed E-state index contributed by atoms with van der Waals surface area (Å²) in [6.45, 7) is 0.627.